The number of hydrogen-bond acceptors (Lipinski definition) is 2. The summed E-state index contributed by atoms with van der Waals surface area (Å²) in [7, 11) is 0. The molecule has 0 atom stereocenters. The second kappa shape index (κ2) is 4.83. The van der Waals surface area contributed by atoms with Gasteiger partial charge in [-0.1, -0.05) is 12.8 Å². The molecule has 0 amide bonds. The maximum absolute atomic E-state index is 12.0. The van der Waals surface area contributed by atoms with Gasteiger partial charge in [0.05, 0.1) is 6.54 Å². The van der Waals surface area contributed by atoms with Gasteiger partial charge < -0.3 is 10.3 Å². The number of H-pyrrole nitrogens is 1. The van der Waals surface area contributed by atoms with Gasteiger partial charge in [0.2, 0.25) is 0 Å². The van der Waals surface area contributed by atoms with Crippen LogP contribution in [0.1, 0.15) is 47.4 Å². The van der Waals surface area contributed by atoms with Gasteiger partial charge in [-0.2, -0.15) is 0 Å². The van der Waals surface area contributed by atoms with Crippen LogP contribution in [0.2, 0.25) is 0 Å². The van der Waals surface area contributed by atoms with E-state index in [2.05, 4.69) is 10.3 Å². The van der Waals surface area contributed by atoms with Gasteiger partial charge in [-0.3, -0.25) is 4.79 Å². The molecule has 1 aliphatic rings. The SMILES string of the molecule is Cc1cc(C(=O)CNC2CCCC2)c(C)[nH]1. The predicted molar refractivity (Wildman–Crippen MR) is 64.9 cm³/mol. The zero-order valence-electron chi connectivity index (χ0n) is 10.1. The van der Waals surface area contributed by atoms with E-state index in [9.17, 15) is 4.79 Å². The zero-order chi connectivity index (χ0) is 11.5. The standard InChI is InChI=1S/C13H20N2O/c1-9-7-12(10(2)15-9)13(16)8-14-11-5-3-4-6-11/h7,11,14-15H,3-6,8H2,1-2H3. The fourth-order valence-electron chi connectivity index (χ4n) is 2.48. The second-order valence-corrected chi connectivity index (χ2v) is 4.78. The lowest BCUT2D eigenvalue weighted by Crippen LogP contribution is -2.31. The quantitative estimate of drug-likeness (QED) is 0.765. The molecule has 0 bridgehead atoms. The first kappa shape index (κ1) is 11.4. The van der Waals surface area contributed by atoms with E-state index in [0.29, 0.717) is 12.6 Å². The van der Waals surface area contributed by atoms with E-state index >= 15 is 0 Å². The lowest BCUT2D eigenvalue weighted by atomic mass is 10.1. The molecule has 1 fully saturated rings. The number of aryl methyl sites for hydroxylation is 2. The average molecular weight is 220 g/mol. The van der Waals surface area contributed by atoms with Gasteiger partial charge >= 0.3 is 0 Å². The molecule has 0 spiro atoms. The molecule has 0 unspecified atom stereocenters. The van der Waals surface area contributed by atoms with Gasteiger partial charge in [0, 0.05) is 23.0 Å². The van der Waals surface area contributed by atoms with Crippen molar-refractivity contribution in [3.05, 3.63) is 23.0 Å². The third-order valence-corrected chi connectivity index (χ3v) is 3.36. The highest BCUT2D eigenvalue weighted by Crippen LogP contribution is 2.17. The summed E-state index contributed by atoms with van der Waals surface area (Å²) in [5.41, 5.74) is 2.88. The number of Topliss-reactive ketones (excluding diaryl/α,β-unsaturated/α-hetero) is 1. The monoisotopic (exact) mass is 220 g/mol. The molecule has 0 aromatic carbocycles. The van der Waals surface area contributed by atoms with Gasteiger partial charge in [-0.25, -0.2) is 0 Å². The number of aromatic nitrogens is 1. The number of hydrogen-bond donors (Lipinski definition) is 2. The van der Waals surface area contributed by atoms with Crippen LogP contribution in [0.4, 0.5) is 0 Å². The molecule has 1 saturated carbocycles. The van der Waals surface area contributed by atoms with Crippen molar-refractivity contribution in [2.24, 2.45) is 0 Å². The molecule has 3 nitrogen and oxygen atoms in total. The van der Waals surface area contributed by atoms with E-state index in [0.717, 1.165) is 17.0 Å². The highest BCUT2D eigenvalue weighted by Gasteiger charge is 2.17. The lowest BCUT2D eigenvalue weighted by Gasteiger charge is -2.10. The minimum absolute atomic E-state index is 0.203. The molecule has 2 rings (SSSR count). The van der Waals surface area contributed by atoms with E-state index in [1.165, 1.54) is 25.7 Å². The number of rotatable bonds is 4. The van der Waals surface area contributed by atoms with E-state index in [1.54, 1.807) is 0 Å². The van der Waals surface area contributed by atoms with Crippen molar-refractivity contribution in [2.75, 3.05) is 6.54 Å². The molecule has 1 heterocycles. The topological polar surface area (TPSA) is 44.9 Å². The highest BCUT2D eigenvalue weighted by molar-refractivity contribution is 5.98. The smallest absolute Gasteiger partial charge is 0.178 e. The van der Waals surface area contributed by atoms with Crippen LogP contribution in [0.15, 0.2) is 6.07 Å². The Kier molecular flexibility index (Phi) is 3.44. The van der Waals surface area contributed by atoms with Crippen LogP contribution >= 0.6 is 0 Å². The van der Waals surface area contributed by atoms with Crippen molar-refractivity contribution in [3.63, 3.8) is 0 Å². The number of nitrogens with one attached hydrogen (secondary N) is 2. The molecule has 1 aliphatic carbocycles. The third-order valence-electron chi connectivity index (χ3n) is 3.36. The van der Waals surface area contributed by atoms with E-state index in [4.69, 9.17) is 0 Å². The molecule has 0 saturated heterocycles. The van der Waals surface area contributed by atoms with E-state index < -0.39 is 0 Å². The van der Waals surface area contributed by atoms with Crippen LogP contribution in [0, 0.1) is 13.8 Å². The lowest BCUT2D eigenvalue weighted by molar-refractivity contribution is 0.0987. The first-order valence-electron chi connectivity index (χ1n) is 6.09. The number of ketones is 1. The summed E-state index contributed by atoms with van der Waals surface area (Å²) in [5.74, 6) is 0.203. The van der Waals surface area contributed by atoms with Crippen molar-refractivity contribution in [1.29, 1.82) is 0 Å². The van der Waals surface area contributed by atoms with Crippen LogP contribution in [-0.2, 0) is 0 Å². The Bertz CT molecular complexity index is 375. The van der Waals surface area contributed by atoms with Crippen LogP contribution in [-0.4, -0.2) is 23.4 Å². The molecule has 0 aliphatic heterocycles. The van der Waals surface area contributed by atoms with Crippen molar-refractivity contribution in [1.82, 2.24) is 10.3 Å². The van der Waals surface area contributed by atoms with Gasteiger partial charge in [-0.15, -0.1) is 0 Å². The molecular weight excluding hydrogens is 200 g/mol. The van der Waals surface area contributed by atoms with E-state index in [1.807, 2.05) is 19.9 Å². The van der Waals surface area contributed by atoms with Crippen molar-refractivity contribution >= 4 is 5.78 Å². The van der Waals surface area contributed by atoms with Crippen LogP contribution in [0.5, 0.6) is 0 Å². The zero-order valence-corrected chi connectivity index (χ0v) is 10.1. The second-order valence-electron chi connectivity index (χ2n) is 4.78. The highest BCUT2D eigenvalue weighted by atomic mass is 16.1. The van der Waals surface area contributed by atoms with E-state index in [-0.39, 0.29) is 5.78 Å². The van der Waals surface area contributed by atoms with Gasteiger partial charge in [0.15, 0.2) is 5.78 Å². The molecule has 88 valence electrons. The summed E-state index contributed by atoms with van der Waals surface area (Å²) in [6, 6.07) is 2.50. The Labute approximate surface area is 96.6 Å². The normalized spacial score (nSPS) is 16.9. The van der Waals surface area contributed by atoms with Crippen molar-refractivity contribution in [3.8, 4) is 0 Å². The van der Waals surface area contributed by atoms with Crippen LogP contribution < -0.4 is 5.32 Å². The fraction of sp³-hybridized carbons (Fsp3) is 0.615. The number of aromatic amines is 1. The summed E-state index contributed by atoms with van der Waals surface area (Å²) in [6.07, 6.45) is 5.04. The number of carbonyl (C=O) groups excluding carboxylic acids is 1. The summed E-state index contributed by atoms with van der Waals surface area (Å²) in [4.78, 5) is 15.1. The molecule has 1 aromatic rings. The average Bonchev–Trinajstić information content (AvgIpc) is 2.84. The maximum Gasteiger partial charge on any atom is 0.178 e. The minimum atomic E-state index is 0.203. The Morgan fingerprint density at radius 2 is 2.12 bits per heavy atom. The van der Waals surface area contributed by atoms with Gasteiger partial charge in [0.25, 0.3) is 0 Å². The maximum atomic E-state index is 12.0. The molecule has 16 heavy (non-hydrogen) atoms. The Balaban J connectivity index is 1.90. The molecular formula is C13H20N2O. The minimum Gasteiger partial charge on any atom is -0.362 e. The predicted octanol–water partition coefficient (Wildman–Crippen LogP) is 2.35. The molecule has 0 radical (unpaired) electrons. The van der Waals surface area contributed by atoms with Gasteiger partial charge in [-0.05, 0) is 32.8 Å². The molecule has 3 heteroatoms. The van der Waals surface area contributed by atoms with Gasteiger partial charge in [0.1, 0.15) is 0 Å². The van der Waals surface area contributed by atoms with Crippen molar-refractivity contribution in [2.45, 2.75) is 45.6 Å². The first-order chi connectivity index (χ1) is 7.66. The summed E-state index contributed by atoms with van der Waals surface area (Å²) < 4.78 is 0. The van der Waals surface area contributed by atoms with Crippen LogP contribution in [0.25, 0.3) is 0 Å². The molecule has 1 aromatic heterocycles. The fourth-order valence-corrected chi connectivity index (χ4v) is 2.48. The summed E-state index contributed by atoms with van der Waals surface area (Å²) >= 11 is 0. The van der Waals surface area contributed by atoms with Crippen LogP contribution in [0.3, 0.4) is 0 Å². The Morgan fingerprint density at radius 1 is 1.44 bits per heavy atom. The largest absolute Gasteiger partial charge is 0.362 e. The number of carbonyl (C=O) groups is 1. The summed E-state index contributed by atoms with van der Waals surface area (Å²) in [5, 5.41) is 3.35. The Hall–Kier alpha value is -1.09. The summed E-state index contributed by atoms with van der Waals surface area (Å²) in [6.45, 7) is 4.41. The first-order valence-corrected chi connectivity index (χ1v) is 6.09. The molecule has 2 N–H and O–H groups in total. The third kappa shape index (κ3) is 2.53. The Morgan fingerprint density at radius 3 is 2.69 bits per heavy atom. The van der Waals surface area contributed by atoms with Crippen molar-refractivity contribution < 1.29 is 4.79 Å².